The molecule has 0 spiro atoms. The largest absolute Gasteiger partial charge is 0.493 e. The number of fused-ring (bicyclic) bond motifs is 2. The molecule has 0 atom stereocenters. The Morgan fingerprint density at radius 2 is 1.96 bits per heavy atom. The molecule has 26 heavy (non-hydrogen) atoms. The summed E-state index contributed by atoms with van der Waals surface area (Å²) in [4.78, 5) is 13.4. The summed E-state index contributed by atoms with van der Waals surface area (Å²) in [6, 6.07) is 11.9. The second-order valence-corrected chi connectivity index (χ2v) is 5.61. The monoisotopic (exact) mass is 392 g/mol. The summed E-state index contributed by atoms with van der Waals surface area (Å²) in [5, 5.41) is 0.945. The van der Waals surface area contributed by atoms with E-state index in [9.17, 15) is 0 Å². The number of aliphatic imine (C=N–C) groups is 1. The normalized spacial score (nSPS) is 12.3. The number of benzene rings is 2. The zero-order valence-corrected chi connectivity index (χ0v) is 15.2. The number of rotatable bonds is 2. The van der Waals surface area contributed by atoms with E-state index in [0.29, 0.717) is 5.84 Å². The first-order valence-corrected chi connectivity index (χ1v) is 7.53. The minimum Gasteiger partial charge on any atom is -0.493 e. The van der Waals surface area contributed by atoms with Crippen LogP contribution in [-0.2, 0) is 6.42 Å². The van der Waals surface area contributed by atoms with Crippen LogP contribution in [0.15, 0.2) is 47.6 Å². The van der Waals surface area contributed by atoms with Crippen molar-refractivity contribution >= 4 is 47.2 Å². The fourth-order valence-corrected chi connectivity index (χ4v) is 2.76. The molecule has 3 aromatic rings. The number of nitrogens with two attached hydrogens (primary N) is 1. The van der Waals surface area contributed by atoms with Crippen molar-refractivity contribution in [3.05, 3.63) is 48.2 Å². The molecule has 1 aromatic heterocycles. The SMILES string of the molecule is C.CC(N)=Nc1ccc2nc(-c3ccc4c(c3)CCO4)ncc2c1.Cl.Cl. The quantitative estimate of drug-likeness (QED) is 0.505. The molecule has 2 heterocycles. The Labute approximate surface area is 165 Å². The number of amidine groups is 1. The van der Waals surface area contributed by atoms with E-state index in [4.69, 9.17) is 10.5 Å². The van der Waals surface area contributed by atoms with Gasteiger partial charge in [0.1, 0.15) is 5.75 Å². The lowest BCUT2D eigenvalue weighted by Crippen LogP contribution is -2.03. The summed E-state index contributed by atoms with van der Waals surface area (Å²) < 4.78 is 5.54. The van der Waals surface area contributed by atoms with Crippen molar-refractivity contribution in [1.82, 2.24) is 9.97 Å². The number of ether oxygens (including phenoxy) is 1. The van der Waals surface area contributed by atoms with E-state index in [2.05, 4.69) is 21.0 Å². The van der Waals surface area contributed by atoms with Crippen molar-refractivity contribution < 1.29 is 4.74 Å². The molecular formula is C19H22Cl2N4O. The van der Waals surface area contributed by atoms with Crippen LogP contribution in [0.2, 0.25) is 0 Å². The van der Waals surface area contributed by atoms with Gasteiger partial charge in [-0.1, -0.05) is 7.43 Å². The highest BCUT2D eigenvalue weighted by molar-refractivity contribution is 5.86. The first-order chi connectivity index (χ1) is 11.2. The number of nitrogens with zero attached hydrogens (tertiary/aromatic N) is 3. The standard InChI is InChI=1S/C18H16N4O.CH4.2ClH/c1-11(19)21-15-3-4-16-14(9-15)10-20-18(22-16)13-2-5-17-12(8-13)6-7-23-17;;;/h2-5,8-10H,6-7H2,1H3,(H2,19,21);1H4;2*1H. The number of halogens is 2. The maximum absolute atomic E-state index is 5.62. The first kappa shape index (κ1) is 21.7. The van der Waals surface area contributed by atoms with E-state index >= 15 is 0 Å². The number of hydrogen-bond acceptors (Lipinski definition) is 4. The van der Waals surface area contributed by atoms with Crippen LogP contribution in [0.4, 0.5) is 5.69 Å². The zero-order chi connectivity index (χ0) is 15.8. The van der Waals surface area contributed by atoms with Crippen LogP contribution >= 0.6 is 24.8 Å². The van der Waals surface area contributed by atoms with Crippen LogP contribution < -0.4 is 10.5 Å². The Balaban J connectivity index is 0.00000113. The summed E-state index contributed by atoms with van der Waals surface area (Å²) in [6.07, 6.45) is 2.77. The van der Waals surface area contributed by atoms with E-state index in [1.54, 1.807) is 6.92 Å². The van der Waals surface area contributed by atoms with Crippen molar-refractivity contribution in [3.8, 4) is 17.1 Å². The van der Waals surface area contributed by atoms with E-state index < -0.39 is 0 Å². The predicted molar refractivity (Wildman–Crippen MR) is 112 cm³/mol. The van der Waals surface area contributed by atoms with Crippen molar-refractivity contribution in [2.75, 3.05) is 6.61 Å². The minimum absolute atomic E-state index is 0. The van der Waals surface area contributed by atoms with Crippen LogP contribution in [0.25, 0.3) is 22.3 Å². The molecular weight excluding hydrogens is 371 g/mol. The summed E-state index contributed by atoms with van der Waals surface area (Å²) in [5.74, 6) is 2.22. The molecule has 138 valence electrons. The Morgan fingerprint density at radius 1 is 1.15 bits per heavy atom. The molecule has 2 N–H and O–H groups in total. The molecule has 1 aliphatic rings. The highest BCUT2D eigenvalue weighted by atomic mass is 35.5. The zero-order valence-electron chi connectivity index (χ0n) is 13.6. The summed E-state index contributed by atoms with van der Waals surface area (Å²) in [5.41, 5.74) is 9.55. The lowest BCUT2D eigenvalue weighted by atomic mass is 10.1. The van der Waals surface area contributed by atoms with Gasteiger partial charge >= 0.3 is 0 Å². The molecule has 5 nitrogen and oxygen atoms in total. The van der Waals surface area contributed by atoms with E-state index in [1.165, 1.54) is 5.56 Å². The third-order valence-electron chi connectivity index (χ3n) is 3.82. The minimum atomic E-state index is 0. The maximum Gasteiger partial charge on any atom is 0.159 e. The third-order valence-corrected chi connectivity index (χ3v) is 3.82. The van der Waals surface area contributed by atoms with Gasteiger partial charge in [0, 0.05) is 23.6 Å². The van der Waals surface area contributed by atoms with Gasteiger partial charge in [0.2, 0.25) is 0 Å². The molecule has 0 saturated carbocycles. The van der Waals surface area contributed by atoms with Crippen molar-refractivity contribution in [2.45, 2.75) is 20.8 Å². The number of aromatic nitrogens is 2. The van der Waals surface area contributed by atoms with Gasteiger partial charge in [0.15, 0.2) is 5.82 Å². The van der Waals surface area contributed by atoms with Crippen molar-refractivity contribution in [2.24, 2.45) is 10.7 Å². The molecule has 0 saturated heterocycles. The van der Waals surface area contributed by atoms with Gasteiger partial charge in [0.25, 0.3) is 0 Å². The summed E-state index contributed by atoms with van der Waals surface area (Å²) >= 11 is 0. The van der Waals surface area contributed by atoms with Crippen LogP contribution in [-0.4, -0.2) is 22.4 Å². The average molecular weight is 393 g/mol. The maximum atomic E-state index is 5.62. The van der Waals surface area contributed by atoms with Crippen LogP contribution in [0, 0.1) is 0 Å². The Bertz CT molecular complexity index is 940. The first-order valence-electron chi connectivity index (χ1n) is 7.53. The Hall–Kier alpha value is -2.37. The van der Waals surface area contributed by atoms with Crippen LogP contribution in [0.3, 0.4) is 0 Å². The van der Waals surface area contributed by atoms with Crippen molar-refractivity contribution in [1.29, 1.82) is 0 Å². The fourth-order valence-electron chi connectivity index (χ4n) is 2.76. The van der Waals surface area contributed by atoms with E-state index in [0.717, 1.165) is 46.8 Å². The molecule has 7 heteroatoms. The highest BCUT2D eigenvalue weighted by Crippen LogP contribution is 2.30. The van der Waals surface area contributed by atoms with Gasteiger partial charge in [-0.15, -0.1) is 24.8 Å². The topological polar surface area (TPSA) is 73.4 Å². The van der Waals surface area contributed by atoms with Gasteiger partial charge in [0.05, 0.1) is 23.6 Å². The summed E-state index contributed by atoms with van der Waals surface area (Å²) in [7, 11) is 0. The molecule has 0 amide bonds. The molecule has 0 fully saturated rings. The smallest absolute Gasteiger partial charge is 0.159 e. The lowest BCUT2D eigenvalue weighted by Gasteiger charge is -2.05. The van der Waals surface area contributed by atoms with Crippen LogP contribution in [0.5, 0.6) is 5.75 Å². The average Bonchev–Trinajstić information content (AvgIpc) is 3.01. The second kappa shape index (κ2) is 8.83. The van der Waals surface area contributed by atoms with E-state index in [1.807, 2.05) is 36.5 Å². The molecule has 0 unspecified atom stereocenters. The van der Waals surface area contributed by atoms with Gasteiger partial charge < -0.3 is 10.5 Å². The van der Waals surface area contributed by atoms with Gasteiger partial charge in [-0.2, -0.15) is 0 Å². The molecule has 0 aliphatic carbocycles. The Morgan fingerprint density at radius 3 is 2.73 bits per heavy atom. The molecule has 4 rings (SSSR count). The highest BCUT2D eigenvalue weighted by Gasteiger charge is 2.13. The number of hydrogen-bond donors (Lipinski definition) is 1. The third kappa shape index (κ3) is 4.23. The van der Waals surface area contributed by atoms with E-state index in [-0.39, 0.29) is 32.2 Å². The fraction of sp³-hybridized carbons (Fsp3) is 0.211. The molecule has 1 aliphatic heterocycles. The Kier molecular flexibility index (Phi) is 7.36. The second-order valence-electron chi connectivity index (χ2n) is 5.61. The van der Waals surface area contributed by atoms with Gasteiger partial charge in [-0.05, 0) is 48.9 Å². The van der Waals surface area contributed by atoms with Crippen LogP contribution in [0.1, 0.15) is 19.9 Å². The van der Waals surface area contributed by atoms with Gasteiger partial charge in [-0.25, -0.2) is 15.0 Å². The van der Waals surface area contributed by atoms with Crippen molar-refractivity contribution in [3.63, 3.8) is 0 Å². The van der Waals surface area contributed by atoms with Gasteiger partial charge in [-0.3, -0.25) is 0 Å². The molecule has 0 bridgehead atoms. The molecule has 2 aromatic carbocycles. The molecule has 0 radical (unpaired) electrons. The lowest BCUT2D eigenvalue weighted by molar-refractivity contribution is 0.357. The summed E-state index contributed by atoms with van der Waals surface area (Å²) in [6.45, 7) is 2.52. The predicted octanol–water partition coefficient (Wildman–Crippen LogP) is 4.72.